The molecule has 118 valence electrons. The molecule has 0 aliphatic heterocycles. The molecule has 0 fully saturated rings. The van der Waals surface area contributed by atoms with E-state index in [9.17, 15) is 14.7 Å². The van der Waals surface area contributed by atoms with Gasteiger partial charge in [0.15, 0.2) is 0 Å². The zero-order valence-corrected chi connectivity index (χ0v) is 12.5. The van der Waals surface area contributed by atoms with Gasteiger partial charge in [0.2, 0.25) is 0 Å². The van der Waals surface area contributed by atoms with Gasteiger partial charge < -0.3 is 19.0 Å². The van der Waals surface area contributed by atoms with E-state index >= 15 is 0 Å². The van der Waals surface area contributed by atoms with Crippen molar-refractivity contribution in [3.8, 4) is 5.75 Å². The fraction of sp³-hybridized carbons (Fsp3) is 0.375. The van der Waals surface area contributed by atoms with Crippen LogP contribution in [0.1, 0.15) is 20.3 Å². The molecule has 0 aliphatic carbocycles. The second kappa shape index (κ2) is 6.62. The molecule has 1 heterocycles. The minimum Gasteiger partial charge on any atom is -0.493 e. The van der Waals surface area contributed by atoms with Crippen LogP contribution in [0.2, 0.25) is 0 Å². The summed E-state index contributed by atoms with van der Waals surface area (Å²) in [6, 6.07) is 8.19. The van der Waals surface area contributed by atoms with E-state index < -0.39 is 17.2 Å². The summed E-state index contributed by atoms with van der Waals surface area (Å²) in [7, 11) is 0. The van der Waals surface area contributed by atoms with E-state index in [2.05, 4.69) is 0 Å². The SMILES string of the molecule is CC(=O)OC[C@@](C)(O)CCOc1ccc2ccc(=O)oc2c1. The average Bonchev–Trinajstić information content (AvgIpc) is 2.45. The first-order chi connectivity index (χ1) is 10.4. The largest absolute Gasteiger partial charge is 0.493 e. The monoisotopic (exact) mass is 306 g/mol. The molecular formula is C16H18O6. The Hall–Kier alpha value is -2.34. The Labute approximate surface area is 127 Å². The van der Waals surface area contributed by atoms with Gasteiger partial charge in [0.1, 0.15) is 17.9 Å². The van der Waals surface area contributed by atoms with Crippen molar-refractivity contribution in [3.05, 3.63) is 40.8 Å². The Morgan fingerprint density at radius 1 is 1.32 bits per heavy atom. The number of fused-ring (bicyclic) bond motifs is 1. The summed E-state index contributed by atoms with van der Waals surface area (Å²) in [5, 5.41) is 10.8. The van der Waals surface area contributed by atoms with Crippen LogP contribution in [0.4, 0.5) is 0 Å². The molecule has 0 saturated carbocycles. The predicted molar refractivity (Wildman–Crippen MR) is 79.9 cm³/mol. The van der Waals surface area contributed by atoms with Gasteiger partial charge in [-0.3, -0.25) is 4.79 Å². The molecule has 6 heteroatoms. The quantitative estimate of drug-likeness (QED) is 0.648. The standard InChI is InChI=1S/C16H18O6/c1-11(17)21-10-16(2,19)7-8-20-13-5-3-12-4-6-15(18)22-14(12)9-13/h3-6,9,19H,7-8,10H2,1-2H3/t16-/m0/s1. The molecule has 6 nitrogen and oxygen atoms in total. The molecule has 1 aromatic heterocycles. The minimum atomic E-state index is -1.16. The lowest BCUT2D eigenvalue weighted by molar-refractivity contribution is -0.148. The van der Waals surface area contributed by atoms with Gasteiger partial charge in [0, 0.05) is 30.9 Å². The lowest BCUT2D eigenvalue weighted by atomic mass is 10.1. The number of hydrogen-bond donors (Lipinski definition) is 1. The van der Waals surface area contributed by atoms with Crippen LogP contribution in [-0.2, 0) is 9.53 Å². The summed E-state index contributed by atoms with van der Waals surface area (Å²) in [5.74, 6) is 0.0934. The van der Waals surface area contributed by atoms with Crippen LogP contribution in [-0.4, -0.2) is 29.9 Å². The minimum absolute atomic E-state index is 0.0850. The molecule has 0 amide bonds. The van der Waals surface area contributed by atoms with Crippen molar-refractivity contribution in [1.82, 2.24) is 0 Å². The van der Waals surface area contributed by atoms with Crippen molar-refractivity contribution in [1.29, 1.82) is 0 Å². The number of rotatable bonds is 6. The van der Waals surface area contributed by atoms with E-state index in [1.165, 1.54) is 13.0 Å². The van der Waals surface area contributed by atoms with Crippen LogP contribution < -0.4 is 10.4 Å². The highest BCUT2D eigenvalue weighted by atomic mass is 16.5. The zero-order valence-electron chi connectivity index (χ0n) is 12.5. The van der Waals surface area contributed by atoms with Crippen molar-refractivity contribution in [2.24, 2.45) is 0 Å². The van der Waals surface area contributed by atoms with E-state index in [1.54, 1.807) is 31.2 Å². The molecule has 1 aromatic carbocycles. The second-order valence-electron chi connectivity index (χ2n) is 5.33. The van der Waals surface area contributed by atoms with Crippen LogP contribution >= 0.6 is 0 Å². The topological polar surface area (TPSA) is 86.0 Å². The highest BCUT2D eigenvalue weighted by molar-refractivity contribution is 5.77. The van der Waals surface area contributed by atoms with Gasteiger partial charge in [-0.2, -0.15) is 0 Å². The summed E-state index contributed by atoms with van der Waals surface area (Å²) in [6.07, 6.45) is 0.289. The van der Waals surface area contributed by atoms with Gasteiger partial charge in [0.25, 0.3) is 0 Å². The third-order valence-corrected chi connectivity index (χ3v) is 3.09. The molecule has 2 rings (SSSR count). The van der Waals surface area contributed by atoms with Crippen molar-refractivity contribution in [2.45, 2.75) is 25.9 Å². The van der Waals surface area contributed by atoms with E-state index in [4.69, 9.17) is 13.9 Å². The molecule has 0 bridgehead atoms. The number of carbonyl (C=O) groups is 1. The molecule has 22 heavy (non-hydrogen) atoms. The second-order valence-corrected chi connectivity index (χ2v) is 5.33. The number of carbonyl (C=O) groups excluding carboxylic acids is 1. The summed E-state index contributed by atoms with van der Waals surface area (Å²) in [4.78, 5) is 21.9. The number of benzene rings is 1. The molecular weight excluding hydrogens is 288 g/mol. The number of esters is 1. The van der Waals surface area contributed by atoms with Crippen LogP contribution in [0.5, 0.6) is 5.75 Å². The maximum atomic E-state index is 11.2. The van der Waals surface area contributed by atoms with Gasteiger partial charge in [-0.05, 0) is 25.1 Å². The summed E-state index contributed by atoms with van der Waals surface area (Å²) >= 11 is 0. The summed E-state index contributed by atoms with van der Waals surface area (Å²) in [6.45, 7) is 3.00. The molecule has 0 aliphatic rings. The molecule has 0 unspecified atom stereocenters. The normalized spacial score (nSPS) is 13.6. The van der Waals surface area contributed by atoms with Crippen molar-refractivity contribution >= 4 is 16.9 Å². The van der Waals surface area contributed by atoms with Crippen LogP contribution in [0.25, 0.3) is 11.0 Å². The van der Waals surface area contributed by atoms with Crippen LogP contribution in [0.15, 0.2) is 39.5 Å². The van der Waals surface area contributed by atoms with E-state index in [-0.39, 0.29) is 19.6 Å². The fourth-order valence-corrected chi connectivity index (χ4v) is 1.85. The first-order valence-electron chi connectivity index (χ1n) is 6.88. The van der Waals surface area contributed by atoms with E-state index in [1.807, 2.05) is 0 Å². The first kappa shape index (κ1) is 16.0. The van der Waals surface area contributed by atoms with Crippen molar-refractivity contribution < 1.29 is 23.8 Å². The van der Waals surface area contributed by atoms with Gasteiger partial charge in [-0.15, -0.1) is 0 Å². The first-order valence-corrected chi connectivity index (χ1v) is 6.88. The molecule has 1 atom stereocenters. The van der Waals surface area contributed by atoms with E-state index in [0.717, 1.165) is 5.39 Å². The third kappa shape index (κ3) is 4.60. The Balaban J connectivity index is 1.94. The maximum absolute atomic E-state index is 11.2. The Kier molecular flexibility index (Phi) is 4.82. The molecule has 1 N–H and O–H groups in total. The number of aliphatic hydroxyl groups is 1. The lowest BCUT2D eigenvalue weighted by Crippen LogP contribution is -2.33. The number of ether oxygens (including phenoxy) is 2. The smallest absolute Gasteiger partial charge is 0.336 e. The van der Waals surface area contributed by atoms with Crippen LogP contribution in [0.3, 0.4) is 0 Å². The van der Waals surface area contributed by atoms with Gasteiger partial charge in [0.05, 0.1) is 12.2 Å². The molecule has 0 saturated heterocycles. The fourth-order valence-electron chi connectivity index (χ4n) is 1.85. The van der Waals surface area contributed by atoms with Crippen LogP contribution in [0, 0.1) is 0 Å². The summed E-state index contributed by atoms with van der Waals surface area (Å²) in [5.41, 5.74) is -1.14. The third-order valence-electron chi connectivity index (χ3n) is 3.09. The molecule has 0 spiro atoms. The van der Waals surface area contributed by atoms with Crippen molar-refractivity contribution in [3.63, 3.8) is 0 Å². The molecule has 2 aromatic rings. The lowest BCUT2D eigenvalue weighted by Gasteiger charge is -2.22. The summed E-state index contributed by atoms with van der Waals surface area (Å²) < 4.78 is 15.4. The number of hydrogen-bond acceptors (Lipinski definition) is 6. The molecule has 0 radical (unpaired) electrons. The highest BCUT2D eigenvalue weighted by Gasteiger charge is 2.22. The Bertz CT molecular complexity index is 716. The Morgan fingerprint density at radius 2 is 2.05 bits per heavy atom. The van der Waals surface area contributed by atoms with Gasteiger partial charge >= 0.3 is 11.6 Å². The van der Waals surface area contributed by atoms with Gasteiger partial charge in [-0.1, -0.05) is 0 Å². The van der Waals surface area contributed by atoms with E-state index in [0.29, 0.717) is 11.3 Å². The zero-order chi connectivity index (χ0) is 16.2. The average molecular weight is 306 g/mol. The highest BCUT2D eigenvalue weighted by Crippen LogP contribution is 2.20. The maximum Gasteiger partial charge on any atom is 0.336 e. The van der Waals surface area contributed by atoms with Crippen molar-refractivity contribution in [2.75, 3.05) is 13.2 Å². The Morgan fingerprint density at radius 3 is 2.77 bits per heavy atom. The van der Waals surface area contributed by atoms with Gasteiger partial charge in [-0.25, -0.2) is 4.79 Å². The predicted octanol–water partition coefficient (Wildman–Crippen LogP) is 1.88.